The van der Waals surface area contributed by atoms with Crippen molar-refractivity contribution < 1.29 is 28.6 Å². The first-order chi connectivity index (χ1) is 35.0. The highest BCUT2D eigenvalue weighted by Gasteiger charge is 2.19. The Morgan fingerprint density at radius 1 is 0.282 bits per heavy atom. The van der Waals surface area contributed by atoms with Crippen molar-refractivity contribution in [3.05, 3.63) is 60.8 Å². The molecule has 0 bridgehead atoms. The van der Waals surface area contributed by atoms with Crippen molar-refractivity contribution in [2.45, 2.75) is 322 Å². The Balaban J connectivity index is 4.33. The molecule has 0 rings (SSSR count). The molecular formula is C65H116O6. The number of allylic oxidation sites excluding steroid dienone is 10. The van der Waals surface area contributed by atoms with Gasteiger partial charge in [-0.05, 0) is 89.9 Å². The third-order valence-corrected chi connectivity index (χ3v) is 13.5. The van der Waals surface area contributed by atoms with Gasteiger partial charge in [-0.2, -0.15) is 0 Å². The van der Waals surface area contributed by atoms with E-state index in [1.165, 1.54) is 193 Å². The van der Waals surface area contributed by atoms with Crippen LogP contribution in [0.5, 0.6) is 0 Å². The lowest BCUT2D eigenvalue weighted by molar-refractivity contribution is -0.167. The summed E-state index contributed by atoms with van der Waals surface area (Å²) in [6.45, 7) is 6.63. The minimum absolute atomic E-state index is 0.0777. The predicted molar refractivity (Wildman–Crippen MR) is 307 cm³/mol. The SMILES string of the molecule is CCCCCCC/C=C\C/C=C\C/C=C\CCCCCCCCC(=O)OCC(COC(=O)CCCCCCCCCCCCC)OC(=O)CCCCCCCCCCC/C=C\C/C=C\CCCCCCC. The van der Waals surface area contributed by atoms with Crippen LogP contribution in [0.1, 0.15) is 316 Å². The molecule has 0 spiro atoms. The van der Waals surface area contributed by atoms with E-state index in [1.54, 1.807) is 0 Å². The van der Waals surface area contributed by atoms with Crippen molar-refractivity contribution in [2.75, 3.05) is 13.2 Å². The van der Waals surface area contributed by atoms with Crippen LogP contribution in [0, 0.1) is 0 Å². The summed E-state index contributed by atoms with van der Waals surface area (Å²) in [6, 6.07) is 0. The Bertz CT molecular complexity index is 1280. The monoisotopic (exact) mass is 993 g/mol. The average Bonchev–Trinajstić information content (AvgIpc) is 3.37. The number of hydrogen-bond donors (Lipinski definition) is 0. The number of rotatable bonds is 56. The molecule has 0 aromatic carbocycles. The van der Waals surface area contributed by atoms with E-state index >= 15 is 0 Å². The van der Waals surface area contributed by atoms with Crippen molar-refractivity contribution >= 4 is 17.9 Å². The van der Waals surface area contributed by atoms with Gasteiger partial charge in [-0.3, -0.25) is 14.4 Å². The van der Waals surface area contributed by atoms with Gasteiger partial charge < -0.3 is 14.2 Å². The zero-order valence-electron chi connectivity index (χ0n) is 47.2. The van der Waals surface area contributed by atoms with Crippen LogP contribution in [0.25, 0.3) is 0 Å². The molecule has 0 N–H and O–H groups in total. The second-order valence-corrected chi connectivity index (χ2v) is 20.6. The first-order valence-electron chi connectivity index (χ1n) is 30.8. The lowest BCUT2D eigenvalue weighted by atomic mass is 10.1. The Kier molecular flexibility index (Phi) is 57.2. The summed E-state index contributed by atoms with van der Waals surface area (Å²) in [5, 5.41) is 0. The first-order valence-corrected chi connectivity index (χ1v) is 30.8. The van der Waals surface area contributed by atoms with Crippen LogP contribution in [0.4, 0.5) is 0 Å². The summed E-state index contributed by atoms with van der Waals surface area (Å²) < 4.78 is 16.9. The molecule has 71 heavy (non-hydrogen) atoms. The summed E-state index contributed by atoms with van der Waals surface area (Å²) >= 11 is 0. The van der Waals surface area contributed by atoms with Crippen molar-refractivity contribution in [3.63, 3.8) is 0 Å². The molecule has 1 atom stereocenters. The van der Waals surface area contributed by atoms with Crippen molar-refractivity contribution in [1.29, 1.82) is 0 Å². The van der Waals surface area contributed by atoms with Crippen LogP contribution in [-0.2, 0) is 28.6 Å². The Morgan fingerprint density at radius 3 is 0.789 bits per heavy atom. The fourth-order valence-electron chi connectivity index (χ4n) is 8.83. The van der Waals surface area contributed by atoms with Crippen LogP contribution >= 0.6 is 0 Å². The molecule has 0 radical (unpaired) electrons. The zero-order valence-corrected chi connectivity index (χ0v) is 47.2. The van der Waals surface area contributed by atoms with E-state index in [1.807, 2.05) is 0 Å². The summed E-state index contributed by atoms with van der Waals surface area (Å²) in [5.74, 6) is -0.882. The fourth-order valence-corrected chi connectivity index (χ4v) is 8.83. The van der Waals surface area contributed by atoms with Gasteiger partial charge in [-0.15, -0.1) is 0 Å². The topological polar surface area (TPSA) is 78.9 Å². The molecule has 0 aromatic rings. The highest BCUT2D eigenvalue weighted by Crippen LogP contribution is 2.16. The first kappa shape index (κ1) is 68.1. The number of carbonyl (C=O) groups is 3. The molecule has 0 aliphatic carbocycles. The summed E-state index contributed by atoms with van der Waals surface area (Å²) in [4.78, 5) is 38.2. The van der Waals surface area contributed by atoms with Crippen LogP contribution in [0.15, 0.2) is 60.8 Å². The van der Waals surface area contributed by atoms with Crippen LogP contribution in [0.3, 0.4) is 0 Å². The molecule has 0 aromatic heterocycles. The number of unbranched alkanes of at least 4 members (excludes halogenated alkanes) is 35. The minimum Gasteiger partial charge on any atom is -0.462 e. The standard InChI is InChI=1S/C65H116O6/c1-4-7-10-13-16-19-22-24-26-28-30-32-34-36-38-40-43-46-49-52-55-58-64(67)70-61-62(60-69-63(66)57-54-51-48-45-42-21-18-15-12-9-6-3)71-65(68)59-56-53-50-47-44-41-39-37-35-33-31-29-27-25-23-20-17-14-11-8-5-2/h22-25,28-31,34,36,62H,4-21,26-27,32-33,35,37-61H2,1-3H3/b24-22-,25-23-,30-28-,31-29-,36-34-. The molecule has 0 amide bonds. The van der Waals surface area contributed by atoms with Gasteiger partial charge in [0.1, 0.15) is 13.2 Å². The van der Waals surface area contributed by atoms with Gasteiger partial charge in [0.2, 0.25) is 0 Å². The molecule has 0 fully saturated rings. The lowest BCUT2D eigenvalue weighted by Gasteiger charge is -2.18. The second-order valence-electron chi connectivity index (χ2n) is 20.6. The highest BCUT2D eigenvalue weighted by molar-refractivity contribution is 5.71. The molecule has 6 heteroatoms. The zero-order chi connectivity index (χ0) is 51.4. The molecule has 0 aliphatic rings. The molecule has 0 aliphatic heterocycles. The molecular weight excluding hydrogens is 877 g/mol. The van der Waals surface area contributed by atoms with E-state index in [9.17, 15) is 14.4 Å². The minimum atomic E-state index is -0.781. The Morgan fingerprint density at radius 2 is 0.507 bits per heavy atom. The number of carbonyl (C=O) groups excluding carboxylic acids is 3. The van der Waals surface area contributed by atoms with Crippen LogP contribution in [0.2, 0.25) is 0 Å². The van der Waals surface area contributed by atoms with Crippen molar-refractivity contribution in [1.82, 2.24) is 0 Å². The smallest absolute Gasteiger partial charge is 0.306 e. The van der Waals surface area contributed by atoms with Crippen LogP contribution < -0.4 is 0 Å². The molecule has 6 nitrogen and oxygen atoms in total. The highest BCUT2D eigenvalue weighted by atomic mass is 16.6. The third-order valence-electron chi connectivity index (χ3n) is 13.5. The van der Waals surface area contributed by atoms with Gasteiger partial charge in [-0.25, -0.2) is 0 Å². The third kappa shape index (κ3) is 57.9. The lowest BCUT2D eigenvalue weighted by Crippen LogP contribution is -2.30. The largest absolute Gasteiger partial charge is 0.462 e. The number of esters is 3. The van der Waals surface area contributed by atoms with E-state index in [0.29, 0.717) is 19.3 Å². The van der Waals surface area contributed by atoms with Crippen LogP contribution in [-0.4, -0.2) is 37.2 Å². The maximum atomic E-state index is 12.9. The van der Waals surface area contributed by atoms with E-state index in [2.05, 4.69) is 81.5 Å². The fraction of sp³-hybridized carbons (Fsp3) is 0.800. The molecule has 0 saturated carbocycles. The second kappa shape index (κ2) is 59.7. The maximum Gasteiger partial charge on any atom is 0.306 e. The quantitative estimate of drug-likeness (QED) is 0.0261. The molecule has 0 heterocycles. The Labute approximate surface area is 440 Å². The van der Waals surface area contributed by atoms with Gasteiger partial charge in [0.15, 0.2) is 6.10 Å². The summed E-state index contributed by atoms with van der Waals surface area (Å²) in [5.41, 5.74) is 0. The van der Waals surface area contributed by atoms with E-state index in [0.717, 1.165) is 83.5 Å². The van der Waals surface area contributed by atoms with E-state index in [4.69, 9.17) is 14.2 Å². The average molecular weight is 994 g/mol. The molecule has 1 unspecified atom stereocenters. The number of hydrogen-bond acceptors (Lipinski definition) is 6. The summed E-state index contributed by atoms with van der Waals surface area (Å²) in [6.07, 6.45) is 75.0. The van der Waals surface area contributed by atoms with Gasteiger partial charge >= 0.3 is 17.9 Å². The van der Waals surface area contributed by atoms with Crippen molar-refractivity contribution in [2.24, 2.45) is 0 Å². The number of ether oxygens (including phenoxy) is 3. The van der Waals surface area contributed by atoms with Gasteiger partial charge in [0.05, 0.1) is 0 Å². The van der Waals surface area contributed by atoms with Gasteiger partial charge in [0, 0.05) is 19.3 Å². The van der Waals surface area contributed by atoms with Gasteiger partial charge in [-0.1, -0.05) is 268 Å². The Hall–Kier alpha value is -2.89. The summed E-state index contributed by atoms with van der Waals surface area (Å²) in [7, 11) is 0. The molecule has 0 saturated heterocycles. The predicted octanol–water partition coefficient (Wildman–Crippen LogP) is 20.8. The van der Waals surface area contributed by atoms with Gasteiger partial charge in [0.25, 0.3) is 0 Å². The maximum absolute atomic E-state index is 12.9. The molecule has 412 valence electrons. The van der Waals surface area contributed by atoms with E-state index < -0.39 is 6.10 Å². The van der Waals surface area contributed by atoms with E-state index in [-0.39, 0.29) is 31.1 Å². The van der Waals surface area contributed by atoms with Crippen molar-refractivity contribution in [3.8, 4) is 0 Å². The normalized spacial score (nSPS) is 12.4.